The van der Waals surface area contributed by atoms with Crippen molar-refractivity contribution in [3.05, 3.63) is 35.4 Å². The van der Waals surface area contributed by atoms with Gasteiger partial charge in [-0.25, -0.2) is 0 Å². The number of rotatable bonds is 4. The zero-order chi connectivity index (χ0) is 19.5. The summed E-state index contributed by atoms with van der Waals surface area (Å²) in [5, 5.41) is 0. The number of carbonyl (C=O) groups excluding carboxylic acids is 2. The molecule has 144 valence electrons. The van der Waals surface area contributed by atoms with Crippen molar-refractivity contribution in [1.29, 1.82) is 0 Å². The van der Waals surface area contributed by atoms with Gasteiger partial charge in [0.1, 0.15) is 0 Å². The summed E-state index contributed by atoms with van der Waals surface area (Å²) in [4.78, 5) is 29.4. The lowest BCUT2D eigenvalue weighted by atomic mass is 9.86. The molecule has 26 heavy (non-hydrogen) atoms. The van der Waals surface area contributed by atoms with E-state index in [0.717, 1.165) is 17.5 Å². The molecule has 1 aliphatic heterocycles. The minimum absolute atomic E-state index is 0.0322. The van der Waals surface area contributed by atoms with E-state index in [1.807, 2.05) is 34.9 Å². The fourth-order valence-corrected chi connectivity index (χ4v) is 3.33. The normalized spacial score (nSPS) is 16.7. The SMILES string of the molecule is CC(C)C(C)C(=O)N1CCN(C(=O)c2ccccc2CC(C)(C)C)CC1. The molecule has 0 saturated carbocycles. The number of hydrogen-bond acceptors (Lipinski definition) is 2. The molecule has 1 atom stereocenters. The Morgan fingerprint density at radius 3 is 2.04 bits per heavy atom. The lowest BCUT2D eigenvalue weighted by Gasteiger charge is -2.37. The van der Waals surface area contributed by atoms with Gasteiger partial charge in [-0.05, 0) is 29.4 Å². The largest absolute Gasteiger partial charge is 0.339 e. The highest BCUT2D eigenvalue weighted by atomic mass is 16.2. The van der Waals surface area contributed by atoms with E-state index in [0.29, 0.717) is 32.1 Å². The molecule has 1 aromatic rings. The second-order valence-corrected chi connectivity index (χ2v) is 9.04. The van der Waals surface area contributed by atoms with Crippen molar-refractivity contribution in [3.8, 4) is 0 Å². The summed E-state index contributed by atoms with van der Waals surface area (Å²) >= 11 is 0. The van der Waals surface area contributed by atoms with E-state index in [2.05, 4.69) is 40.7 Å². The van der Waals surface area contributed by atoms with Gasteiger partial charge >= 0.3 is 0 Å². The maximum Gasteiger partial charge on any atom is 0.254 e. The molecule has 0 aliphatic carbocycles. The first-order valence-electron chi connectivity index (χ1n) is 9.76. The summed E-state index contributed by atoms with van der Waals surface area (Å²) in [6.07, 6.45) is 0.874. The van der Waals surface area contributed by atoms with Crippen LogP contribution in [0.3, 0.4) is 0 Å². The Morgan fingerprint density at radius 2 is 1.50 bits per heavy atom. The van der Waals surface area contributed by atoms with E-state index in [9.17, 15) is 9.59 Å². The van der Waals surface area contributed by atoms with Crippen molar-refractivity contribution in [2.24, 2.45) is 17.3 Å². The van der Waals surface area contributed by atoms with E-state index in [4.69, 9.17) is 0 Å². The van der Waals surface area contributed by atoms with Crippen molar-refractivity contribution >= 4 is 11.8 Å². The summed E-state index contributed by atoms with van der Waals surface area (Å²) < 4.78 is 0. The van der Waals surface area contributed by atoms with Crippen LogP contribution in [0.2, 0.25) is 0 Å². The standard InChI is InChI=1S/C22H34N2O2/c1-16(2)17(3)20(25)23-11-13-24(14-12-23)21(26)19-10-8-7-9-18(19)15-22(4,5)6/h7-10,16-17H,11-15H2,1-6H3. The van der Waals surface area contributed by atoms with Crippen LogP contribution in [0.5, 0.6) is 0 Å². The van der Waals surface area contributed by atoms with Crippen molar-refractivity contribution in [2.75, 3.05) is 26.2 Å². The number of piperazine rings is 1. The molecule has 0 bridgehead atoms. The van der Waals surface area contributed by atoms with Crippen LogP contribution < -0.4 is 0 Å². The molecule has 2 rings (SSSR count). The van der Waals surface area contributed by atoms with Crippen molar-refractivity contribution in [2.45, 2.75) is 48.0 Å². The van der Waals surface area contributed by atoms with Crippen molar-refractivity contribution in [3.63, 3.8) is 0 Å². The lowest BCUT2D eigenvalue weighted by Crippen LogP contribution is -2.52. The number of benzene rings is 1. The third kappa shape index (κ3) is 5.09. The molecule has 1 heterocycles. The Bertz CT molecular complexity index is 638. The van der Waals surface area contributed by atoms with Gasteiger partial charge in [-0.3, -0.25) is 9.59 Å². The second kappa shape index (κ2) is 8.24. The number of amides is 2. The highest BCUT2D eigenvalue weighted by molar-refractivity contribution is 5.96. The monoisotopic (exact) mass is 358 g/mol. The molecule has 0 N–H and O–H groups in total. The highest BCUT2D eigenvalue weighted by Gasteiger charge is 2.29. The van der Waals surface area contributed by atoms with Crippen LogP contribution in [0.25, 0.3) is 0 Å². The van der Waals surface area contributed by atoms with Gasteiger partial charge in [-0.2, -0.15) is 0 Å². The zero-order valence-electron chi connectivity index (χ0n) is 17.2. The topological polar surface area (TPSA) is 40.6 Å². The molecule has 0 spiro atoms. The van der Waals surface area contributed by atoms with Crippen LogP contribution in [0.4, 0.5) is 0 Å². The van der Waals surface area contributed by atoms with Gasteiger partial charge in [0.05, 0.1) is 0 Å². The van der Waals surface area contributed by atoms with Crippen LogP contribution in [0, 0.1) is 17.3 Å². The third-order valence-electron chi connectivity index (χ3n) is 5.24. The Labute approximate surface area is 158 Å². The highest BCUT2D eigenvalue weighted by Crippen LogP contribution is 2.24. The molecule has 1 aromatic carbocycles. The first-order chi connectivity index (χ1) is 12.1. The molecular weight excluding hydrogens is 324 g/mol. The zero-order valence-corrected chi connectivity index (χ0v) is 17.2. The minimum Gasteiger partial charge on any atom is -0.339 e. The molecule has 4 heteroatoms. The molecule has 0 radical (unpaired) electrons. The van der Waals surface area contributed by atoms with Crippen molar-refractivity contribution in [1.82, 2.24) is 9.80 Å². The van der Waals surface area contributed by atoms with E-state index >= 15 is 0 Å². The van der Waals surface area contributed by atoms with E-state index < -0.39 is 0 Å². The van der Waals surface area contributed by atoms with Crippen molar-refractivity contribution < 1.29 is 9.59 Å². The van der Waals surface area contributed by atoms with Gasteiger partial charge < -0.3 is 9.80 Å². The molecule has 1 unspecified atom stereocenters. The van der Waals surface area contributed by atoms with E-state index in [-0.39, 0.29) is 23.1 Å². The quantitative estimate of drug-likeness (QED) is 0.820. The Morgan fingerprint density at radius 1 is 0.962 bits per heavy atom. The summed E-state index contributed by atoms with van der Waals surface area (Å²) in [7, 11) is 0. The van der Waals surface area contributed by atoms with E-state index in [1.165, 1.54) is 0 Å². The van der Waals surface area contributed by atoms with Gasteiger partial charge in [0.15, 0.2) is 0 Å². The first kappa shape index (κ1) is 20.5. The fourth-order valence-electron chi connectivity index (χ4n) is 3.33. The van der Waals surface area contributed by atoms with Gasteiger partial charge in [-0.15, -0.1) is 0 Å². The summed E-state index contributed by atoms with van der Waals surface area (Å²) in [5.74, 6) is 0.672. The minimum atomic E-state index is 0.0322. The second-order valence-electron chi connectivity index (χ2n) is 9.04. The third-order valence-corrected chi connectivity index (χ3v) is 5.24. The summed E-state index contributed by atoms with van der Waals surface area (Å²) in [5.41, 5.74) is 2.05. The van der Waals surface area contributed by atoms with Gasteiger partial charge in [0, 0.05) is 37.7 Å². The van der Waals surface area contributed by atoms with E-state index in [1.54, 1.807) is 0 Å². The Balaban J connectivity index is 2.04. The van der Waals surface area contributed by atoms with Crippen LogP contribution in [-0.4, -0.2) is 47.8 Å². The number of carbonyl (C=O) groups is 2. The van der Waals surface area contributed by atoms with Gasteiger partial charge in [0.2, 0.25) is 5.91 Å². The average molecular weight is 359 g/mol. The predicted octanol–water partition coefficient (Wildman–Crippen LogP) is 3.85. The number of nitrogens with zero attached hydrogens (tertiary/aromatic N) is 2. The first-order valence-corrected chi connectivity index (χ1v) is 9.76. The average Bonchev–Trinajstić information content (AvgIpc) is 2.59. The predicted molar refractivity (Wildman–Crippen MR) is 106 cm³/mol. The van der Waals surface area contributed by atoms with Gasteiger partial charge in [-0.1, -0.05) is 59.7 Å². The maximum absolute atomic E-state index is 13.0. The number of hydrogen-bond donors (Lipinski definition) is 0. The summed E-state index contributed by atoms with van der Waals surface area (Å²) in [6.45, 7) is 15.2. The van der Waals surface area contributed by atoms with Gasteiger partial charge in [0.25, 0.3) is 5.91 Å². The summed E-state index contributed by atoms with van der Waals surface area (Å²) in [6, 6.07) is 7.93. The Hall–Kier alpha value is -1.84. The molecule has 1 aliphatic rings. The van der Waals surface area contributed by atoms with Crippen LogP contribution >= 0.6 is 0 Å². The van der Waals surface area contributed by atoms with Crippen LogP contribution in [0.1, 0.15) is 57.5 Å². The molecule has 4 nitrogen and oxygen atoms in total. The molecule has 1 fully saturated rings. The molecule has 0 aromatic heterocycles. The molecule has 2 amide bonds. The lowest BCUT2D eigenvalue weighted by molar-refractivity contribution is -0.137. The maximum atomic E-state index is 13.0. The Kier molecular flexibility index (Phi) is 6.48. The fraction of sp³-hybridized carbons (Fsp3) is 0.636. The smallest absolute Gasteiger partial charge is 0.254 e. The van der Waals surface area contributed by atoms with Crippen LogP contribution in [0.15, 0.2) is 24.3 Å². The van der Waals surface area contributed by atoms with Crippen LogP contribution in [-0.2, 0) is 11.2 Å². The molecular formula is C22H34N2O2. The molecule has 1 saturated heterocycles.